The molecule has 0 amide bonds. The number of aliphatic hydroxyl groups excluding tert-OH is 1. The quantitative estimate of drug-likeness (QED) is 0.483. The first kappa shape index (κ1) is 24.5. The molecule has 2 aliphatic carbocycles. The Labute approximate surface area is 230 Å². The van der Waals surface area contributed by atoms with Gasteiger partial charge in [-0.2, -0.15) is 10.4 Å². The van der Waals surface area contributed by atoms with Gasteiger partial charge in [0.1, 0.15) is 24.4 Å². The van der Waals surface area contributed by atoms with Gasteiger partial charge in [0.15, 0.2) is 0 Å². The zero-order valence-corrected chi connectivity index (χ0v) is 22.0. The highest BCUT2D eigenvalue weighted by Crippen LogP contribution is 2.46. The number of nitrogens with zero attached hydrogens (tertiary/aromatic N) is 7. The van der Waals surface area contributed by atoms with Crippen molar-refractivity contribution in [2.75, 3.05) is 44.4 Å². The van der Waals surface area contributed by atoms with E-state index in [1.165, 1.54) is 0 Å². The molecule has 0 spiro atoms. The summed E-state index contributed by atoms with van der Waals surface area (Å²) in [5.41, 5.74) is 2.91. The molecule has 2 bridgehead atoms. The second-order valence-electron chi connectivity index (χ2n) is 12.4. The summed E-state index contributed by atoms with van der Waals surface area (Å²) in [6.07, 6.45) is 6.22. The number of halogens is 2. The maximum absolute atomic E-state index is 13.3. The van der Waals surface area contributed by atoms with E-state index in [9.17, 15) is 19.1 Å². The zero-order chi connectivity index (χ0) is 27.2. The van der Waals surface area contributed by atoms with Crippen molar-refractivity contribution < 1.29 is 18.6 Å². The van der Waals surface area contributed by atoms with E-state index in [0.29, 0.717) is 47.5 Å². The number of nitriles is 1. The Morgan fingerprint density at radius 1 is 1.07 bits per heavy atom. The van der Waals surface area contributed by atoms with Crippen LogP contribution in [-0.2, 0) is 0 Å². The van der Waals surface area contributed by atoms with E-state index >= 15 is 0 Å². The number of ether oxygens (including phenoxy) is 1. The zero-order valence-electron chi connectivity index (χ0n) is 22.0. The van der Waals surface area contributed by atoms with Crippen molar-refractivity contribution in [2.24, 2.45) is 17.8 Å². The van der Waals surface area contributed by atoms with Crippen LogP contribution in [0.4, 0.5) is 14.6 Å². The molecule has 208 valence electrons. The number of piperidine rings is 2. The minimum absolute atomic E-state index is 0.0269. The van der Waals surface area contributed by atoms with E-state index in [0.717, 1.165) is 56.1 Å². The Morgan fingerprint density at radius 3 is 2.52 bits per heavy atom. The molecular weight excluding hydrogens is 516 g/mol. The first-order valence-electron chi connectivity index (χ1n) is 14.1. The molecule has 4 saturated heterocycles. The van der Waals surface area contributed by atoms with Gasteiger partial charge in [-0.25, -0.2) is 18.3 Å². The molecule has 2 saturated carbocycles. The molecule has 0 radical (unpaired) electrons. The number of likely N-dealkylation sites (tertiary alicyclic amines) is 1. The van der Waals surface area contributed by atoms with Gasteiger partial charge in [0.05, 0.1) is 29.6 Å². The van der Waals surface area contributed by atoms with Crippen molar-refractivity contribution in [3.8, 4) is 22.9 Å². The molecule has 0 aromatic carbocycles. The Hall–Kier alpha value is -3.33. The van der Waals surface area contributed by atoms with Crippen LogP contribution in [0, 0.1) is 29.1 Å². The topological polar surface area (TPSA) is 93.2 Å². The molecule has 6 aliphatic rings. The summed E-state index contributed by atoms with van der Waals surface area (Å²) in [7, 11) is 0. The fourth-order valence-electron chi connectivity index (χ4n) is 7.53. The molecule has 6 fully saturated rings. The van der Waals surface area contributed by atoms with Crippen LogP contribution in [0.1, 0.15) is 24.8 Å². The lowest BCUT2D eigenvalue weighted by atomic mass is 9.79. The average Bonchev–Trinajstić information content (AvgIpc) is 3.27. The lowest BCUT2D eigenvalue weighted by molar-refractivity contribution is -0.118. The van der Waals surface area contributed by atoms with Crippen molar-refractivity contribution in [1.82, 2.24) is 24.4 Å². The molecule has 40 heavy (non-hydrogen) atoms. The first-order chi connectivity index (χ1) is 19.3. The number of aromatic nitrogens is 3. The third kappa shape index (κ3) is 4.04. The number of rotatable bonds is 7. The highest BCUT2D eigenvalue weighted by Gasteiger charge is 2.55. The highest BCUT2D eigenvalue weighted by atomic mass is 19.3. The third-order valence-corrected chi connectivity index (χ3v) is 9.63. The van der Waals surface area contributed by atoms with Crippen LogP contribution in [0.2, 0.25) is 0 Å². The van der Waals surface area contributed by atoms with Crippen LogP contribution in [0.3, 0.4) is 0 Å². The predicted octanol–water partition coefficient (Wildman–Crippen LogP) is 2.83. The van der Waals surface area contributed by atoms with Crippen molar-refractivity contribution in [3.05, 3.63) is 42.4 Å². The molecular formula is C29H31F2N7O2. The van der Waals surface area contributed by atoms with Gasteiger partial charge in [0.2, 0.25) is 5.92 Å². The summed E-state index contributed by atoms with van der Waals surface area (Å²) < 4.78 is 34.3. The van der Waals surface area contributed by atoms with Crippen LogP contribution >= 0.6 is 0 Å². The molecule has 4 atom stereocenters. The summed E-state index contributed by atoms with van der Waals surface area (Å²) in [6.45, 7) is 4.68. The van der Waals surface area contributed by atoms with Crippen LogP contribution in [0.15, 0.2) is 36.8 Å². The lowest BCUT2D eigenvalue weighted by Gasteiger charge is -2.57. The minimum Gasteiger partial charge on any atom is -0.477 e. The normalized spacial score (nSPS) is 30.9. The number of pyridine rings is 2. The Balaban J connectivity index is 0.983. The van der Waals surface area contributed by atoms with Gasteiger partial charge in [-0.05, 0) is 30.5 Å². The molecule has 7 heterocycles. The van der Waals surface area contributed by atoms with Crippen LogP contribution in [0.5, 0.6) is 5.75 Å². The number of anilines is 1. The number of aliphatic hydroxyl groups is 1. The summed E-state index contributed by atoms with van der Waals surface area (Å²) >= 11 is 0. The van der Waals surface area contributed by atoms with Gasteiger partial charge in [-0.3, -0.25) is 9.80 Å². The highest BCUT2D eigenvalue weighted by molar-refractivity contribution is 5.85. The Kier molecular flexibility index (Phi) is 5.40. The average molecular weight is 548 g/mol. The number of alkyl halides is 2. The van der Waals surface area contributed by atoms with Crippen LogP contribution in [-0.4, -0.2) is 93.1 Å². The second kappa shape index (κ2) is 8.83. The van der Waals surface area contributed by atoms with E-state index in [2.05, 4.69) is 25.9 Å². The molecule has 9 rings (SSSR count). The second-order valence-corrected chi connectivity index (χ2v) is 12.4. The summed E-state index contributed by atoms with van der Waals surface area (Å²) in [5.74, 6) is -0.0118. The van der Waals surface area contributed by atoms with Crippen molar-refractivity contribution in [3.63, 3.8) is 0 Å². The summed E-state index contributed by atoms with van der Waals surface area (Å²) in [6, 6.07) is 8.98. The SMILES string of the molecule is N#Cc1cnn2cc(OCN3CC4C(O)C4C3)cc(-c3ccc(N4C5CC4CN(CC4CC(F)(F)C4)C5)nc3)c12. The molecule has 3 aromatic rings. The van der Waals surface area contributed by atoms with E-state index in [1.54, 1.807) is 16.9 Å². The van der Waals surface area contributed by atoms with Gasteiger partial charge in [0, 0.05) is 86.8 Å². The Bertz CT molecular complexity index is 1470. The monoisotopic (exact) mass is 547 g/mol. The molecule has 11 heteroatoms. The van der Waals surface area contributed by atoms with E-state index < -0.39 is 5.92 Å². The molecule has 3 aromatic heterocycles. The predicted molar refractivity (Wildman–Crippen MR) is 142 cm³/mol. The molecule has 4 aliphatic heterocycles. The van der Waals surface area contributed by atoms with E-state index in [4.69, 9.17) is 9.72 Å². The summed E-state index contributed by atoms with van der Waals surface area (Å²) in [4.78, 5) is 11.7. The minimum atomic E-state index is -2.46. The summed E-state index contributed by atoms with van der Waals surface area (Å²) in [5, 5.41) is 23.9. The maximum atomic E-state index is 13.3. The fourth-order valence-corrected chi connectivity index (χ4v) is 7.53. The number of fused-ring (bicyclic) bond motifs is 4. The van der Waals surface area contributed by atoms with Crippen molar-refractivity contribution >= 4 is 11.3 Å². The van der Waals surface area contributed by atoms with E-state index in [1.807, 2.05) is 24.4 Å². The largest absolute Gasteiger partial charge is 0.477 e. The van der Waals surface area contributed by atoms with Gasteiger partial charge in [-0.15, -0.1) is 0 Å². The van der Waals surface area contributed by atoms with Crippen LogP contribution in [0.25, 0.3) is 16.6 Å². The van der Waals surface area contributed by atoms with Gasteiger partial charge in [-0.1, -0.05) is 0 Å². The van der Waals surface area contributed by atoms with E-state index in [-0.39, 0.29) is 24.9 Å². The first-order valence-corrected chi connectivity index (χ1v) is 14.1. The molecule has 9 nitrogen and oxygen atoms in total. The number of hydrogen-bond donors (Lipinski definition) is 1. The van der Waals surface area contributed by atoms with Gasteiger partial charge in [0.25, 0.3) is 0 Å². The standard InChI is InChI=1S/C29H31F2N7O2/c30-29(31)5-17(6-29)10-35-11-20-3-21(12-35)38(20)26-2-1-18(8-33-26)23-4-22(13-37-27(23)19(7-32)9-34-37)40-16-36-14-24-25(15-36)28(24)39/h1-2,4,8-9,13,17,20-21,24-25,28,39H,3,5-6,10-12,14-16H2. The Morgan fingerprint density at radius 2 is 1.85 bits per heavy atom. The number of hydrogen-bond acceptors (Lipinski definition) is 8. The van der Waals surface area contributed by atoms with Gasteiger partial charge < -0.3 is 14.7 Å². The molecule has 1 N–H and O–H groups in total. The smallest absolute Gasteiger partial charge is 0.248 e. The van der Waals surface area contributed by atoms with Gasteiger partial charge >= 0.3 is 0 Å². The molecule has 4 unspecified atom stereocenters. The maximum Gasteiger partial charge on any atom is 0.248 e. The van der Waals surface area contributed by atoms with Crippen LogP contribution < -0.4 is 9.64 Å². The lowest BCUT2D eigenvalue weighted by Crippen LogP contribution is -2.69. The number of piperazine rings is 1. The van der Waals surface area contributed by atoms with Crippen molar-refractivity contribution in [1.29, 1.82) is 5.26 Å². The van der Waals surface area contributed by atoms with Crippen molar-refractivity contribution in [2.45, 2.75) is 43.4 Å². The fraction of sp³-hybridized carbons (Fsp3) is 0.552. The third-order valence-electron chi connectivity index (χ3n) is 9.63.